The Morgan fingerprint density at radius 2 is 2.26 bits per heavy atom. The molecular formula is C13H19ClN2O2S. The first-order chi connectivity index (χ1) is 8.99. The minimum absolute atomic E-state index is 0.229. The molecular weight excluding hydrogens is 284 g/mol. The number of hydrogen-bond donors (Lipinski definition) is 2. The molecule has 1 unspecified atom stereocenters. The molecule has 2 N–H and O–H groups in total. The van der Waals surface area contributed by atoms with Crippen molar-refractivity contribution in [3.8, 4) is 0 Å². The minimum Gasteiger partial charge on any atom is -0.316 e. The van der Waals surface area contributed by atoms with E-state index >= 15 is 0 Å². The lowest BCUT2D eigenvalue weighted by Crippen LogP contribution is -2.38. The van der Waals surface area contributed by atoms with Gasteiger partial charge in [0.25, 0.3) is 0 Å². The van der Waals surface area contributed by atoms with Gasteiger partial charge < -0.3 is 5.32 Å². The van der Waals surface area contributed by atoms with E-state index in [0.717, 1.165) is 31.5 Å². The van der Waals surface area contributed by atoms with Gasteiger partial charge in [-0.3, -0.25) is 0 Å². The molecule has 4 nitrogen and oxygen atoms in total. The summed E-state index contributed by atoms with van der Waals surface area (Å²) >= 11 is 5.97. The maximum Gasteiger partial charge on any atom is 0.240 e. The van der Waals surface area contributed by atoms with Crippen molar-refractivity contribution in [2.45, 2.75) is 24.7 Å². The van der Waals surface area contributed by atoms with Crippen LogP contribution in [0, 0.1) is 12.8 Å². The van der Waals surface area contributed by atoms with Crippen molar-refractivity contribution < 1.29 is 8.42 Å². The van der Waals surface area contributed by atoms with Crippen molar-refractivity contribution in [2.24, 2.45) is 5.92 Å². The Morgan fingerprint density at radius 1 is 1.47 bits per heavy atom. The third-order valence-corrected chi connectivity index (χ3v) is 5.24. The fourth-order valence-electron chi connectivity index (χ4n) is 2.15. The van der Waals surface area contributed by atoms with Gasteiger partial charge in [0.1, 0.15) is 0 Å². The molecule has 1 aliphatic heterocycles. The lowest BCUT2D eigenvalue weighted by Gasteiger charge is -2.22. The average Bonchev–Trinajstić information content (AvgIpc) is 2.41. The van der Waals surface area contributed by atoms with E-state index in [1.807, 2.05) is 6.92 Å². The van der Waals surface area contributed by atoms with E-state index in [2.05, 4.69) is 10.0 Å². The Kier molecular flexibility index (Phi) is 4.84. The van der Waals surface area contributed by atoms with E-state index < -0.39 is 10.0 Å². The molecule has 1 fully saturated rings. The second kappa shape index (κ2) is 6.22. The molecule has 0 saturated carbocycles. The third-order valence-electron chi connectivity index (χ3n) is 3.41. The van der Waals surface area contributed by atoms with Gasteiger partial charge in [-0.05, 0) is 56.5 Å². The zero-order valence-corrected chi connectivity index (χ0v) is 12.5. The number of rotatable bonds is 4. The SMILES string of the molecule is Cc1ccc(S(=O)(=O)NCC2CCCNC2)cc1Cl. The summed E-state index contributed by atoms with van der Waals surface area (Å²) in [6.07, 6.45) is 2.16. The van der Waals surface area contributed by atoms with Crippen molar-refractivity contribution in [1.82, 2.24) is 10.0 Å². The Balaban J connectivity index is 2.02. The fourth-order valence-corrected chi connectivity index (χ4v) is 3.54. The number of piperidine rings is 1. The van der Waals surface area contributed by atoms with E-state index in [0.29, 0.717) is 17.5 Å². The highest BCUT2D eigenvalue weighted by Gasteiger charge is 2.19. The molecule has 0 aromatic heterocycles. The van der Waals surface area contributed by atoms with Crippen molar-refractivity contribution in [2.75, 3.05) is 19.6 Å². The molecule has 19 heavy (non-hydrogen) atoms. The van der Waals surface area contributed by atoms with Gasteiger partial charge in [-0.2, -0.15) is 0 Å². The molecule has 1 heterocycles. The summed E-state index contributed by atoms with van der Waals surface area (Å²) in [6.45, 7) is 4.22. The first kappa shape index (κ1) is 14.8. The van der Waals surface area contributed by atoms with Gasteiger partial charge in [-0.25, -0.2) is 13.1 Å². The second-order valence-electron chi connectivity index (χ2n) is 4.98. The normalized spacial score (nSPS) is 20.4. The first-order valence-corrected chi connectivity index (χ1v) is 8.32. The number of benzene rings is 1. The van der Waals surface area contributed by atoms with Crippen molar-refractivity contribution in [1.29, 1.82) is 0 Å². The summed E-state index contributed by atoms with van der Waals surface area (Å²) in [7, 11) is -3.46. The summed E-state index contributed by atoms with van der Waals surface area (Å²) in [5.41, 5.74) is 0.872. The van der Waals surface area contributed by atoms with Crippen LogP contribution in [0.4, 0.5) is 0 Å². The van der Waals surface area contributed by atoms with E-state index in [-0.39, 0.29) is 4.90 Å². The van der Waals surface area contributed by atoms with Gasteiger partial charge in [-0.1, -0.05) is 17.7 Å². The monoisotopic (exact) mass is 302 g/mol. The zero-order valence-electron chi connectivity index (χ0n) is 10.9. The van der Waals surface area contributed by atoms with Crippen LogP contribution in [-0.4, -0.2) is 28.1 Å². The molecule has 2 rings (SSSR count). The molecule has 0 bridgehead atoms. The number of aryl methyl sites for hydroxylation is 1. The Morgan fingerprint density at radius 3 is 2.89 bits per heavy atom. The molecule has 6 heteroatoms. The van der Waals surface area contributed by atoms with Gasteiger partial charge in [0, 0.05) is 11.6 Å². The van der Waals surface area contributed by atoms with Crippen LogP contribution in [0.1, 0.15) is 18.4 Å². The Bertz CT molecular complexity index is 540. The molecule has 1 aliphatic rings. The molecule has 0 spiro atoms. The highest BCUT2D eigenvalue weighted by molar-refractivity contribution is 7.89. The van der Waals surface area contributed by atoms with Gasteiger partial charge in [0.05, 0.1) is 4.90 Å². The number of halogens is 1. The topological polar surface area (TPSA) is 58.2 Å². The summed E-state index contributed by atoms with van der Waals surface area (Å²) in [4.78, 5) is 0.229. The van der Waals surface area contributed by atoms with Crippen LogP contribution in [0.3, 0.4) is 0 Å². The average molecular weight is 303 g/mol. The largest absolute Gasteiger partial charge is 0.316 e. The lowest BCUT2D eigenvalue weighted by atomic mass is 10.0. The molecule has 1 aromatic carbocycles. The third kappa shape index (κ3) is 3.92. The van der Waals surface area contributed by atoms with Crippen LogP contribution < -0.4 is 10.0 Å². The van der Waals surface area contributed by atoms with Gasteiger partial charge in [0.2, 0.25) is 10.0 Å². The molecule has 1 saturated heterocycles. The summed E-state index contributed by atoms with van der Waals surface area (Å²) in [6, 6.07) is 4.81. The highest BCUT2D eigenvalue weighted by Crippen LogP contribution is 2.20. The minimum atomic E-state index is -3.46. The second-order valence-corrected chi connectivity index (χ2v) is 7.15. The maximum atomic E-state index is 12.1. The maximum absolute atomic E-state index is 12.1. The smallest absolute Gasteiger partial charge is 0.240 e. The highest BCUT2D eigenvalue weighted by atomic mass is 35.5. The van der Waals surface area contributed by atoms with Crippen LogP contribution in [-0.2, 0) is 10.0 Å². The molecule has 106 valence electrons. The van der Waals surface area contributed by atoms with Crippen LogP contribution in [0.25, 0.3) is 0 Å². The summed E-state index contributed by atoms with van der Waals surface area (Å²) < 4.78 is 27.0. The molecule has 0 amide bonds. The first-order valence-electron chi connectivity index (χ1n) is 6.45. The summed E-state index contributed by atoms with van der Waals surface area (Å²) in [5.74, 6) is 0.365. The van der Waals surface area contributed by atoms with Crippen molar-refractivity contribution in [3.05, 3.63) is 28.8 Å². The van der Waals surface area contributed by atoms with E-state index in [1.165, 1.54) is 6.07 Å². The molecule has 1 atom stereocenters. The van der Waals surface area contributed by atoms with Gasteiger partial charge in [-0.15, -0.1) is 0 Å². The molecule has 0 radical (unpaired) electrons. The summed E-state index contributed by atoms with van der Waals surface area (Å²) in [5, 5.41) is 3.75. The van der Waals surface area contributed by atoms with Crippen molar-refractivity contribution in [3.63, 3.8) is 0 Å². The van der Waals surface area contributed by atoms with Gasteiger partial charge in [0.15, 0.2) is 0 Å². The number of hydrogen-bond acceptors (Lipinski definition) is 3. The van der Waals surface area contributed by atoms with E-state index in [1.54, 1.807) is 12.1 Å². The number of sulfonamides is 1. The predicted molar refractivity (Wildman–Crippen MR) is 77.0 cm³/mol. The Hall–Kier alpha value is -0.620. The standard InChI is InChI=1S/C13H19ClN2O2S/c1-10-4-5-12(7-13(10)14)19(17,18)16-9-11-3-2-6-15-8-11/h4-5,7,11,15-16H,2-3,6,8-9H2,1H3. The predicted octanol–water partition coefficient (Wildman–Crippen LogP) is 1.93. The van der Waals surface area contributed by atoms with Crippen LogP contribution in [0.2, 0.25) is 5.02 Å². The van der Waals surface area contributed by atoms with Crippen molar-refractivity contribution >= 4 is 21.6 Å². The molecule has 1 aromatic rings. The van der Waals surface area contributed by atoms with Gasteiger partial charge >= 0.3 is 0 Å². The van der Waals surface area contributed by atoms with E-state index in [4.69, 9.17) is 11.6 Å². The van der Waals surface area contributed by atoms with Crippen LogP contribution in [0.15, 0.2) is 23.1 Å². The zero-order chi connectivity index (χ0) is 13.9. The van der Waals surface area contributed by atoms with Crippen LogP contribution >= 0.6 is 11.6 Å². The fraction of sp³-hybridized carbons (Fsp3) is 0.538. The Labute approximate surface area is 119 Å². The molecule has 0 aliphatic carbocycles. The van der Waals surface area contributed by atoms with E-state index in [9.17, 15) is 8.42 Å². The quantitative estimate of drug-likeness (QED) is 0.893. The van der Waals surface area contributed by atoms with Crippen LogP contribution in [0.5, 0.6) is 0 Å². The number of nitrogens with one attached hydrogen (secondary N) is 2. The lowest BCUT2D eigenvalue weighted by molar-refractivity contribution is 0.376.